The van der Waals surface area contributed by atoms with Gasteiger partial charge in [-0.05, 0) is 131 Å². The molecular formula is C68H70N4. The highest BCUT2D eigenvalue weighted by atomic mass is 15.1. The number of para-hydroxylation sites is 2. The van der Waals surface area contributed by atoms with E-state index < -0.39 is 0 Å². The molecule has 5 aromatic carbocycles. The van der Waals surface area contributed by atoms with Crippen LogP contribution in [-0.2, 0) is 12.8 Å². The molecule has 4 heteroatoms. The Morgan fingerprint density at radius 2 is 1.50 bits per heavy atom. The Hall–Kier alpha value is -8.08. The maximum absolute atomic E-state index is 5.11. The molecule has 0 amide bonds. The normalized spacial score (nSPS) is 14.9. The summed E-state index contributed by atoms with van der Waals surface area (Å²) in [6.07, 6.45) is 44.7. The molecule has 0 bridgehead atoms. The van der Waals surface area contributed by atoms with Gasteiger partial charge in [-0.1, -0.05) is 207 Å². The number of anilines is 2. The third-order valence-electron chi connectivity index (χ3n) is 12.9. The number of rotatable bonds is 23. The minimum absolute atomic E-state index is 0.384. The molecule has 72 heavy (non-hydrogen) atoms. The lowest BCUT2D eigenvalue weighted by molar-refractivity contribution is 0.653. The van der Waals surface area contributed by atoms with Gasteiger partial charge in [0.05, 0.1) is 29.2 Å². The van der Waals surface area contributed by atoms with E-state index in [1.54, 1.807) is 6.08 Å². The standard InChI is InChI=1S/C68H70N4/c1-7-11-14-21-38-57-48-59(54-34-23-17-24-35-54)49-58(39-22-15-16-29-45-66-62(10-4)63-44-30-31-46-67(63)72(66)60-41-27-19-28-42-60)68(57)71(47-13-9-3)61-43-32-40-56(50-61)64(69-6)51-65(55-36-25-18-26-37-55)70-52-53(5)33-20-12-8-2/h7-15,18-23,25-34,36-37,40-46,48-51,54H,2,4,6,16-17,24,35,38-39,47,52H2,1,3,5H3/b11-7-,13-9-,20-12-,21-14-,22-15+,45-29-,53-33+,64-51-,70-65?. The first-order valence-corrected chi connectivity index (χ1v) is 25.4. The monoisotopic (exact) mass is 943 g/mol. The molecule has 1 aliphatic rings. The van der Waals surface area contributed by atoms with Gasteiger partial charge in [-0.3, -0.25) is 9.98 Å². The van der Waals surface area contributed by atoms with E-state index in [2.05, 4.69) is 243 Å². The van der Waals surface area contributed by atoms with Gasteiger partial charge in [0.1, 0.15) is 0 Å². The second-order valence-corrected chi connectivity index (χ2v) is 17.9. The van der Waals surface area contributed by atoms with Gasteiger partial charge >= 0.3 is 0 Å². The lowest BCUT2D eigenvalue weighted by Crippen LogP contribution is -2.21. The number of benzene rings is 5. The fraction of sp³-hybridized carbons (Fsp3) is 0.176. The first-order valence-electron chi connectivity index (χ1n) is 25.4. The largest absolute Gasteiger partial charge is 0.337 e. The van der Waals surface area contributed by atoms with Crippen molar-refractivity contribution in [2.24, 2.45) is 9.98 Å². The predicted octanol–water partition coefficient (Wildman–Crippen LogP) is 17.9. The second-order valence-electron chi connectivity index (χ2n) is 17.9. The molecular weight excluding hydrogens is 873 g/mol. The fourth-order valence-corrected chi connectivity index (χ4v) is 9.33. The molecule has 1 aliphatic carbocycles. The number of hydrogen-bond acceptors (Lipinski definition) is 3. The Balaban J connectivity index is 1.29. The zero-order valence-corrected chi connectivity index (χ0v) is 42.6. The van der Waals surface area contributed by atoms with E-state index in [-0.39, 0.29) is 0 Å². The number of nitrogens with zero attached hydrogens (tertiary/aromatic N) is 4. The van der Waals surface area contributed by atoms with E-state index in [0.29, 0.717) is 19.0 Å². The predicted molar refractivity (Wildman–Crippen MR) is 316 cm³/mol. The topological polar surface area (TPSA) is 32.9 Å². The van der Waals surface area contributed by atoms with Crippen LogP contribution in [0, 0.1) is 0 Å². The van der Waals surface area contributed by atoms with Crippen molar-refractivity contribution in [3.05, 3.63) is 276 Å². The van der Waals surface area contributed by atoms with Crippen LogP contribution in [0.5, 0.6) is 0 Å². The van der Waals surface area contributed by atoms with Crippen LogP contribution in [-0.4, -0.2) is 30.1 Å². The molecule has 6 aromatic rings. The van der Waals surface area contributed by atoms with Crippen molar-refractivity contribution in [1.82, 2.24) is 4.57 Å². The van der Waals surface area contributed by atoms with Crippen molar-refractivity contribution in [2.75, 3.05) is 18.0 Å². The van der Waals surface area contributed by atoms with Crippen LogP contribution in [0.4, 0.5) is 11.4 Å². The van der Waals surface area contributed by atoms with Crippen LogP contribution in [0.2, 0.25) is 0 Å². The van der Waals surface area contributed by atoms with Crippen LogP contribution in [0.3, 0.4) is 0 Å². The first-order chi connectivity index (χ1) is 35.5. The molecule has 0 saturated carbocycles. The van der Waals surface area contributed by atoms with E-state index in [1.807, 2.05) is 36.4 Å². The van der Waals surface area contributed by atoms with Gasteiger partial charge in [0, 0.05) is 46.0 Å². The van der Waals surface area contributed by atoms with Crippen LogP contribution in [0.25, 0.3) is 34.4 Å². The molecule has 0 fully saturated rings. The van der Waals surface area contributed by atoms with Crippen LogP contribution in [0.1, 0.15) is 91.4 Å². The molecule has 1 aromatic heterocycles. The van der Waals surface area contributed by atoms with Gasteiger partial charge in [0.25, 0.3) is 0 Å². The maximum atomic E-state index is 5.11. The van der Waals surface area contributed by atoms with E-state index in [9.17, 15) is 0 Å². The van der Waals surface area contributed by atoms with Crippen molar-refractivity contribution in [1.29, 1.82) is 0 Å². The Kier molecular flexibility index (Phi) is 19.7. The quantitative estimate of drug-likeness (QED) is 0.0358. The molecule has 0 N–H and O–H groups in total. The highest BCUT2D eigenvalue weighted by Gasteiger charge is 2.22. The number of hydrogen-bond donors (Lipinski definition) is 0. The Bertz CT molecular complexity index is 3100. The summed E-state index contributed by atoms with van der Waals surface area (Å²) in [4.78, 5) is 12.2. The Labute approximate surface area is 430 Å². The van der Waals surface area contributed by atoms with Gasteiger partial charge in [-0.2, -0.15) is 0 Å². The minimum atomic E-state index is 0.384. The lowest BCUT2D eigenvalue weighted by atomic mass is 9.85. The summed E-state index contributed by atoms with van der Waals surface area (Å²) in [5, 5.41) is 1.20. The summed E-state index contributed by atoms with van der Waals surface area (Å²) < 4.78 is 2.34. The number of aliphatic imine (C=N–C) groups is 2. The molecule has 362 valence electrons. The zero-order valence-electron chi connectivity index (χ0n) is 42.6. The van der Waals surface area contributed by atoms with Crippen molar-refractivity contribution in [2.45, 2.75) is 65.2 Å². The van der Waals surface area contributed by atoms with Gasteiger partial charge in [-0.15, -0.1) is 0 Å². The fourth-order valence-electron chi connectivity index (χ4n) is 9.33. The number of aromatic nitrogens is 1. The lowest BCUT2D eigenvalue weighted by Gasteiger charge is -2.31. The third-order valence-corrected chi connectivity index (χ3v) is 12.9. The molecule has 0 aliphatic heterocycles. The molecule has 0 saturated heterocycles. The Morgan fingerprint density at radius 3 is 2.22 bits per heavy atom. The van der Waals surface area contributed by atoms with Gasteiger partial charge in [-0.25, -0.2) is 0 Å². The zero-order chi connectivity index (χ0) is 50.3. The van der Waals surface area contributed by atoms with Gasteiger partial charge < -0.3 is 9.47 Å². The first kappa shape index (κ1) is 51.8. The van der Waals surface area contributed by atoms with Crippen molar-refractivity contribution in [3.63, 3.8) is 0 Å². The van der Waals surface area contributed by atoms with Crippen molar-refractivity contribution in [3.8, 4) is 5.69 Å². The summed E-state index contributed by atoms with van der Waals surface area (Å²) >= 11 is 0. The molecule has 7 rings (SSSR count). The SMILES string of the molecule is C=C/C=C\C=C(/C)CN=C(/C=C(\N=C)c1cccc(N(C/C=C\C)c2c(C/C=C\C=C/C)cc(C3C=CCCC3)cc2C/C=C/C/C=C\c2c(C=C)c3ccccc3n2-c2ccccc2)c1)c1ccccc1. The van der Waals surface area contributed by atoms with Gasteiger partial charge in [0.2, 0.25) is 0 Å². The highest BCUT2D eigenvalue weighted by molar-refractivity contribution is 6.12. The van der Waals surface area contributed by atoms with Crippen LogP contribution < -0.4 is 4.90 Å². The molecule has 1 heterocycles. The van der Waals surface area contributed by atoms with Crippen LogP contribution in [0.15, 0.2) is 247 Å². The summed E-state index contributed by atoms with van der Waals surface area (Å²) in [6.45, 7) is 19.6. The van der Waals surface area contributed by atoms with E-state index >= 15 is 0 Å². The summed E-state index contributed by atoms with van der Waals surface area (Å²) in [7, 11) is 0. The van der Waals surface area contributed by atoms with Crippen LogP contribution >= 0.6 is 0 Å². The van der Waals surface area contributed by atoms with Crippen molar-refractivity contribution >= 4 is 52.6 Å². The molecule has 1 unspecified atom stereocenters. The average molecular weight is 943 g/mol. The summed E-state index contributed by atoms with van der Waals surface area (Å²) in [6, 6.07) is 43.2. The summed E-state index contributed by atoms with van der Waals surface area (Å²) in [5.41, 5.74) is 15.6. The molecule has 4 nitrogen and oxygen atoms in total. The maximum Gasteiger partial charge on any atom is 0.0717 e. The smallest absolute Gasteiger partial charge is 0.0717 e. The number of fused-ring (bicyclic) bond motifs is 1. The van der Waals surface area contributed by atoms with E-state index in [1.165, 1.54) is 39.7 Å². The molecule has 0 radical (unpaired) electrons. The third kappa shape index (κ3) is 13.6. The number of allylic oxidation sites excluding steroid dienone is 15. The molecule has 1 atom stereocenters. The highest BCUT2D eigenvalue weighted by Crippen LogP contribution is 2.39. The summed E-state index contributed by atoms with van der Waals surface area (Å²) in [5.74, 6) is 0.384. The van der Waals surface area contributed by atoms with Gasteiger partial charge in [0.15, 0.2) is 0 Å². The van der Waals surface area contributed by atoms with Crippen molar-refractivity contribution < 1.29 is 0 Å². The van der Waals surface area contributed by atoms with E-state index in [4.69, 9.17) is 4.99 Å². The second kappa shape index (κ2) is 27.3. The minimum Gasteiger partial charge on any atom is -0.337 e. The Morgan fingerprint density at radius 1 is 0.750 bits per heavy atom. The molecule has 0 spiro atoms. The average Bonchev–Trinajstić information content (AvgIpc) is 3.75. The van der Waals surface area contributed by atoms with E-state index in [0.717, 1.165) is 82.8 Å².